The van der Waals surface area contributed by atoms with Crippen molar-refractivity contribution in [3.8, 4) is 11.4 Å². The van der Waals surface area contributed by atoms with Gasteiger partial charge in [0.15, 0.2) is 11.6 Å². The van der Waals surface area contributed by atoms with Crippen LogP contribution in [0.5, 0.6) is 0 Å². The number of urea groups is 1. The van der Waals surface area contributed by atoms with Gasteiger partial charge < -0.3 is 10.2 Å². The number of carbonyl (C=O) groups is 1. The molecule has 13 heteroatoms. The molecule has 0 aliphatic heterocycles. The topological polar surface area (TPSA) is 107 Å². The number of thiazole rings is 1. The third kappa shape index (κ3) is 4.70. The van der Waals surface area contributed by atoms with Gasteiger partial charge in [0, 0.05) is 13.1 Å². The number of fused-ring (bicyclic) bond motifs is 1. The van der Waals surface area contributed by atoms with E-state index in [-0.39, 0.29) is 24.1 Å². The van der Waals surface area contributed by atoms with Crippen LogP contribution in [0.3, 0.4) is 0 Å². The summed E-state index contributed by atoms with van der Waals surface area (Å²) in [6.45, 7) is 2.02. The largest absolute Gasteiger partial charge is 0.331 e. The van der Waals surface area contributed by atoms with Crippen molar-refractivity contribution < 1.29 is 9.18 Å². The summed E-state index contributed by atoms with van der Waals surface area (Å²) >= 11 is 7.35. The van der Waals surface area contributed by atoms with Crippen LogP contribution in [0.15, 0.2) is 48.2 Å². The van der Waals surface area contributed by atoms with Gasteiger partial charge in [0.2, 0.25) is 0 Å². The van der Waals surface area contributed by atoms with Crippen LogP contribution in [-0.4, -0.2) is 52.5 Å². The number of carbonyl (C=O) groups excluding carboxylic acids is 1. The molecule has 5 rings (SSSR count). The number of nitrogens with zero attached hydrogens (tertiary/aromatic N) is 8. The van der Waals surface area contributed by atoms with E-state index < -0.39 is 5.82 Å². The molecule has 0 atom stereocenters. The smallest absolute Gasteiger partial charge is 0.317 e. The minimum Gasteiger partial charge on any atom is -0.331 e. The van der Waals surface area contributed by atoms with Crippen molar-refractivity contribution in [1.29, 1.82) is 0 Å². The molecule has 2 aromatic carbocycles. The second kappa shape index (κ2) is 9.39. The van der Waals surface area contributed by atoms with Crippen LogP contribution in [0.2, 0.25) is 5.02 Å². The van der Waals surface area contributed by atoms with Crippen molar-refractivity contribution in [3.05, 3.63) is 76.5 Å². The maximum atomic E-state index is 13.9. The van der Waals surface area contributed by atoms with E-state index in [0.717, 1.165) is 15.9 Å². The Morgan fingerprint density at radius 1 is 1.14 bits per heavy atom. The number of hydrogen-bond acceptors (Lipinski definition) is 7. The quantitative estimate of drug-likeness (QED) is 0.370. The van der Waals surface area contributed by atoms with Crippen molar-refractivity contribution in [3.63, 3.8) is 0 Å². The predicted molar refractivity (Wildman–Crippen MR) is 129 cm³/mol. The zero-order valence-electron chi connectivity index (χ0n) is 18.7. The standard InChI is InChI=1S/C22H19ClFN9OS/c1-13-29-20(33(30-13)14-3-5-16(23)17(24)7-14)9-25-22(34)31(2)10-21-26-11-28-32(21)15-4-6-19-18(8-15)27-12-35-19/h3-8,11-12H,9-10H2,1-2H3,(H,25,34). The van der Waals surface area contributed by atoms with Gasteiger partial charge in [0.05, 0.1) is 45.2 Å². The predicted octanol–water partition coefficient (Wildman–Crippen LogP) is 3.90. The van der Waals surface area contributed by atoms with Crippen molar-refractivity contribution in [1.82, 2.24) is 44.7 Å². The Labute approximate surface area is 208 Å². The van der Waals surface area contributed by atoms with Crippen LogP contribution in [-0.2, 0) is 13.1 Å². The molecule has 35 heavy (non-hydrogen) atoms. The van der Waals surface area contributed by atoms with E-state index in [4.69, 9.17) is 11.6 Å². The monoisotopic (exact) mass is 511 g/mol. The molecule has 0 spiro atoms. The normalized spacial score (nSPS) is 11.2. The maximum Gasteiger partial charge on any atom is 0.317 e. The van der Waals surface area contributed by atoms with Gasteiger partial charge in [0.25, 0.3) is 0 Å². The highest BCUT2D eigenvalue weighted by atomic mass is 35.5. The number of hydrogen-bond donors (Lipinski definition) is 1. The highest BCUT2D eigenvalue weighted by Crippen LogP contribution is 2.22. The summed E-state index contributed by atoms with van der Waals surface area (Å²) in [6.07, 6.45) is 1.45. The van der Waals surface area contributed by atoms with Gasteiger partial charge in [-0.3, -0.25) is 0 Å². The number of nitrogens with one attached hydrogen (secondary N) is 1. The van der Waals surface area contributed by atoms with Gasteiger partial charge in [-0.1, -0.05) is 11.6 Å². The van der Waals surface area contributed by atoms with Crippen molar-refractivity contribution >= 4 is 39.2 Å². The molecule has 2 amide bonds. The van der Waals surface area contributed by atoms with Crippen LogP contribution >= 0.6 is 22.9 Å². The van der Waals surface area contributed by atoms with E-state index in [1.165, 1.54) is 28.0 Å². The third-order valence-electron chi connectivity index (χ3n) is 5.23. The highest BCUT2D eigenvalue weighted by Gasteiger charge is 2.17. The number of benzene rings is 2. The van der Waals surface area contributed by atoms with Crippen LogP contribution < -0.4 is 5.32 Å². The molecule has 1 N–H and O–H groups in total. The maximum absolute atomic E-state index is 13.9. The lowest BCUT2D eigenvalue weighted by Gasteiger charge is -2.18. The van der Waals surface area contributed by atoms with Crippen molar-refractivity contribution in [2.24, 2.45) is 0 Å². The van der Waals surface area contributed by atoms with E-state index in [1.54, 1.807) is 41.6 Å². The third-order valence-corrected chi connectivity index (χ3v) is 6.34. The molecule has 0 unspecified atom stereocenters. The Bertz CT molecular complexity index is 1530. The van der Waals surface area contributed by atoms with Crippen LogP contribution in [0.4, 0.5) is 9.18 Å². The molecule has 0 saturated carbocycles. The molecule has 178 valence electrons. The Morgan fingerprint density at radius 2 is 1.94 bits per heavy atom. The van der Waals surface area contributed by atoms with Gasteiger partial charge in [-0.25, -0.2) is 33.5 Å². The minimum absolute atomic E-state index is 0.0152. The summed E-state index contributed by atoms with van der Waals surface area (Å²) in [5, 5.41) is 11.4. The molecule has 3 heterocycles. The van der Waals surface area contributed by atoms with Crippen LogP contribution in [0, 0.1) is 12.7 Å². The number of rotatable bonds is 6. The average molecular weight is 512 g/mol. The van der Waals surface area contributed by atoms with Gasteiger partial charge in [0.1, 0.15) is 18.0 Å². The van der Waals surface area contributed by atoms with E-state index in [9.17, 15) is 9.18 Å². The van der Waals surface area contributed by atoms with Gasteiger partial charge in [-0.2, -0.15) is 10.2 Å². The molecule has 0 aliphatic rings. The molecule has 0 aliphatic carbocycles. The molecule has 0 fully saturated rings. The van der Waals surface area contributed by atoms with Gasteiger partial charge in [-0.15, -0.1) is 11.3 Å². The molecular formula is C22H19ClFN9OS. The summed E-state index contributed by atoms with van der Waals surface area (Å²) < 4.78 is 18.2. The Balaban J connectivity index is 1.28. The Morgan fingerprint density at radius 3 is 2.77 bits per heavy atom. The SMILES string of the molecule is Cc1nc(CNC(=O)N(C)Cc2ncnn2-c2ccc3scnc3c2)n(-c2ccc(Cl)c(F)c2)n1. The first-order valence-corrected chi connectivity index (χ1v) is 11.7. The van der Waals surface area contributed by atoms with Crippen LogP contribution in [0.1, 0.15) is 17.5 Å². The zero-order valence-corrected chi connectivity index (χ0v) is 20.3. The summed E-state index contributed by atoms with van der Waals surface area (Å²) in [4.78, 5) is 27.3. The lowest BCUT2D eigenvalue weighted by Crippen LogP contribution is -2.37. The summed E-state index contributed by atoms with van der Waals surface area (Å²) in [6, 6.07) is 9.85. The first kappa shape index (κ1) is 22.9. The lowest BCUT2D eigenvalue weighted by atomic mass is 10.3. The van der Waals surface area contributed by atoms with Crippen LogP contribution in [0.25, 0.3) is 21.6 Å². The minimum atomic E-state index is -0.565. The lowest BCUT2D eigenvalue weighted by molar-refractivity contribution is 0.204. The van der Waals surface area contributed by atoms with E-state index in [0.29, 0.717) is 23.2 Å². The fourth-order valence-electron chi connectivity index (χ4n) is 3.54. The Hall–Kier alpha value is -3.90. The van der Waals surface area contributed by atoms with Gasteiger partial charge in [-0.05, 0) is 37.3 Å². The first-order chi connectivity index (χ1) is 16.9. The average Bonchev–Trinajstić information content (AvgIpc) is 3.58. The summed E-state index contributed by atoms with van der Waals surface area (Å²) in [7, 11) is 1.66. The van der Waals surface area contributed by atoms with E-state index in [1.807, 2.05) is 18.2 Å². The zero-order chi connectivity index (χ0) is 24.5. The summed E-state index contributed by atoms with van der Waals surface area (Å²) in [5.74, 6) is 0.965. The van der Waals surface area contributed by atoms with Gasteiger partial charge >= 0.3 is 6.03 Å². The van der Waals surface area contributed by atoms with E-state index >= 15 is 0 Å². The molecule has 3 aromatic heterocycles. The fraction of sp³-hybridized carbons (Fsp3) is 0.182. The molecule has 5 aromatic rings. The molecule has 0 saturated heterocycles. The van der Waals surface area contributed by atoms with Crippen molar-refractivity contribution in [2.45, 2.75) is 20.0 Å². The molecule has 10 nitrogen and oxygen atoms in total. The molecular weight excluding hydrogens is 493 g/mol. The number of aromatic nitrogens is 7. The number of amides is 2. The molecule has 0 bridgehead atoms. The first-order valence-electron chi connectivity index (χ1n) is 10.5. The van der Waals surface area contributed by atoms with Crippen molar-refractivity contribution in [2.75, 3.05) is 7.05 Å². The highest BCUT2D eigenvalue weighted by molar-refractivity contribution is 7.16. The summed E-state index contributed by atoms with van der Waals surface area (Å²) in [5.41, 5.74) is 3.93. The Kier molecular flexibility index (Phi) is 6.14. The molecule has 0 radical (unpaired) electrons. The second-order valence-corrected chi connectivity index (χ2v) is 8.99. The number of aryl methyl sites for hydroxylation is 1. The van der Waals surface area contributed by atoms with E-state index in [2.05, 4.69) is 30.5 Å². The fourth-order valence-corrected chi connectivity index (χ4v) is 4.31. The second-order valence-electron chi connectivity index (χ2n) is 7.69. The number of halogens is 2.